The van der Waals surface area contributed by atoms with Gasteiger partial charge in [-0.05, 0) is 62.8 Å². The molecule has 0 unspecified atom stereocenters. The number of hydrogen-bond acceptors (Lipinski definition) is 4. The molecule has 1 N–H and O–H groups in total. The number of anilines is 1. The van der Waals surface area contributed by atoms with E-state index in [0.29, 0.717) is 21.7 Å². The highest BCUT2D eigenvalue weighted by Gasteiger charge is 2.24. The van der Waals surface area contributed by atoms with E-state index in [1.807, 2.05) is 39.0 Å². The number of carbonyl (C=O) groups excluding carboxylic acids is 1. The summed E-state index contributed by atoms with van der Waals surface area (Å²) in [7, 11) is 0. The molecule has 0 radical (unpaired) electrons. The number of benzene rings is 1. The summed E-state index contributed by atoms with van der Waals surface area (Å²) in [6, 6.07) is 5.83. The van der Waals surface area contributed by atoms with Crippen LogP contribution in [0.3, 0.4) is 0 Å². The van der Waals surface area contributed by atoms with Crippen molar-refractivity contribution in [2.45, 2.75) is 40.2 Å². The van der Waals surface area contributed by atoms with Gasteiger partial charge in [0.2, 0.25) is 0 Å². The van der Waals surface area contributed by atoms with Crippen LogP contribution in [0.15, 0.2) is 29.3 Å². The van der Waals surface area contributed by atoms with Crippen LogP contribution in [0.4, 0.5) is 5.69 Å². The maximum atomic E-state index is 12.8. The van der Waals surface area contributed by atoms with Gasteiger partial charge in [-0.15, -0.1) is 11.3 Å². The summed E-state index contributed by atoms with van der Waals surface area (Å²) in [5.74, 6) is 0.379. The van der Waals surface area contributed by atoms with Gasteiger partial charge in [0.15, 0.2) is 0 Å². The van der Waals surface area contributed by atoms with Crippen molar-refractivity contribution in [3.63, 3.8) is 0 Å². The molecule has 0 atom stereocenters. The zero-order valence-corrected chi connectivity index (χ0v) is 15.9. The van der Waals surface area contributed by atoms with Gasteiger partial charge in [-0.25, -0.2) is 4.98 Å². The molecule has 1 amide bonds. The lowest BCUT2D eigenvalue weighted by molar-refractivity contribution is 0.102. The lowest BCUT2D eigenvalue weighted by Gasteiger charge is -2.08. The molecule has 0 spiro atoms. The summed E-state index contributed by atoms with van der Waals surface area (Å²) in [5, 5.41) is 2.94. The third-order valence-electron chi connectivity index (χ3n) is 4.98. The Bertz CT molecular complexity index is 1080. The van der Waals surface area contributed by atoms with E-state index in [1.54, 1.807) is 10.9 Å². The molecule has 1 aliphatic carbocycles. The minimum atomic E-state index is -0.219. The summed E-state index contributed by atoms with van der Waals surface area (Å²) < 4.78 is 2.25. The lowest BCUT2D eigenvalue weighted by Crippen LogP contribution is -2.21. The van der Waals surface area contributed by atoms with Crippen LogP contribution >= 0.6 is 11.3 Å². The highest BCUT2D eigenvalue weighted by molar-refractivity contribution is 7.19. The molecule has 0 aliphatic heterocycles. The average Bonchev–Trinajstić information content (AvgIpc) is 3.34. The molecule has 1 fully saturated rings. The first-order valence-corrected chi connectivity index (χ1v) is 9.63. The summed E-state index contributed by atoms with van der Waals surface area (Å²) in [4.78, 5) is 30.8. The number of nitrogens with zero attached hydrogens (tertiary/aromatic N) is 2. The van der Waals surface area contributed by atoms with Gasteiger partial charge >= 0.3 is 0 Å². The lowest BCUT2D eigenvalue weighted by atomic mass is 10.1. The van der Waals surface area contributed by atoms with Gasteiger partial charge in [0, 0.05) is 17.1 Å². The number of hydrogen-bond donors (Lipinski definition) is 1. The highest BCUT2D eigenvalue weighted by atomic mass is 32.1. The van der Waals surface area contributed by atoms with Gasteiger partial charge in [-0.1, -0.05) is 6.07 Å². The van der Waals surface area contributed by atoms with Crippen LogP contribution in [0.25, 0.3) is 10.2 Å². The molecule has 3 aromatic rings. The molecule has 0 bridgehead atoms. The van der Waals surface area contributed by atoms with E-state index in [4.69, 9.17) is 0 Å². The summed E-state index contributed by atoms with van der Waals surface area (Å²) >= 11 is 1.35. The second-order valence-corrected chi connectivity index (χ2v) is 8.33. The number of fused-ring (bicyclic) bond motifs is 1. The Morgan fingerprint density at radius 2 is 2.04 bits per heavy atom. The van der Waals surface area contributed by atoms with E-state index in [0.717, 1.165) is 22.7 Å². The van der Waals surface area contributed by atoms with Crippen molar-refractivity contribution in [3.8, 4) is 0 Å². The number of amides is 1. The predicted octanol–water partition coefficient (Wildman–Crippen LogP) is 4.05. The Morgan fingerprint density at radius 3 is 2.73 bits per heavy atom. The molecule has 2 aromatic heterocycles. The van der Waals surface area contributed by atoms with E-state index >= 15 is 0 Å². The van der Waals surface area contributed by atoms with Gasteiger partial charge in [0.1, 0.15) is 10.2 Å². The predicted molar refractivity (Wildman–Crippen MR) is 105 cm³/mol. The fraction of sp³-hybridized carbons (Fsp3) is 0.350. The SMILES string of the molecule is Cc1ccc(NC(=O)c2c(C)sc3c(=O)n(CC4CC4)cnc23)cc1C. The van der Waals surface area contributed by atoms with Crippen LogP contribution in [0, 0.1) is 26.7 Å². The highest BCUT2D eigenvalue weighted by Crippen LogP contribution is 2.31. The van der Waals surface area contributed by atoms with Crippen molar-refractivity contribution in [1.29, 1.82) is 0 Å². The molecular formula is C20H21N3O2S. The molecule has 134 valence electrons. The first kappa shape index (κ1) is 17.0. The second-order valence-electron chi connectivity index (χ2n) is 7.11. The van der Waals surface area contributed by atoms with Gasteiger partial charge in [-0.3, -0.25) is 14.2 Å². The minimum absolute atomic E-state index is 0.0415. The van der Waals surface area contributed by atoms with Gasteiger partial charge in [0.05, 0.1) is 11.9 Å². The normalized spacial score (nSPS) is 14.0. The minimum Gasteiger partial charge on any atom is -0.322 e. The smallest absolute Gasteiger partial charge is 0.271 e. The Kier molecular flexibility index (Phi) is 4.15. The zero-order valence-electron chi connectivity index (χ0n) is 15.1. The van der Waals surface area contributed by atoms with Crippen molar-refractivity contribution in [2.75, 3.05) is 5.32 Å². The van der Waals surface area contributed by atoms with Crippen LogP contribution in [-0.2, 0) is 6.54 Å². The fourth-order valence-electron chi connectivity index (χ4n) is 3.10. The van der Waals surface area contributed by atoms with E-state index in [9.17, 15) is 9.59 Å². The molecule has 2 heterocycles. The summed E-state index contributed by atoms with van der Waals surface area (Å²) in [6.45, 7) is 6.64. The monoisotopic (exact) mass is 367 g/mol. The van der Waals surface area contributed by atoms with E-state index in [-0.39, 0.29) is 11.5 Å². The Morgan fingerprint density at radius 1 is 1.27 bits per heavy atom. The van der Waals surface area contributed by atoms with Crippen molar-refractivity contribution in [2.24, 2.45) is 5.92 Å². The van der Waals surface area contributed by atoms with E-state index in [1.165, 1.54) is 29.7 Å². The number of carbonyl (C=O) groups is 1. The number of thiophene rings is 1. The van der Waals surface area contributed by atoms with Crippen molar-refractivity contribution >= 4 is 33.1 Å². The van der Waals surface area contributed by atoms with Crippen LogP contribution in [0.2, 0.25) is 0 Å². The average molecular weight is 367 g/mol. The van der Waals surface area contributed by atoms with Crippen LogP contribution in [0.1, 0.15) is 39.2 Å². The molecule has 0 saturated heterocycles. The first-order valence-electron chi connectivity index (χ1n) is 8.81. The zero-order chi connectivity index (χ0) is 18.4. The quantitative estimate of drug-likeness (QED) is 0.757. The van der Waals surface area contributed by atoms with Crippen LogP contribution in [0.5, 0.6) is 0 Å². The van der Waals surface area contributed by atoms with Gasteiger partial charge in [0.25, 0.3) is 11.5 Å². The Hall–Kier alpha value is -2.47. The Labute approximate surface area is 155 Å². The van der Waals surface area contributed by atoms with E-state index < -0.39 is 0 Å². The van der Waals surface area contributed by atoms with Gasteiger partial charge < -0.3 is 5.32 Å². The number of aryl methyl sites for hydroxylation is 3. The third-order valence-corrected chi connectivity index (χ3v) is 6.07. The maximum absolute atomic E-state index is 12.8. The van der Waals surface area contributed by atoms with Crippen molar-refractivity contribution < 1.29 is 4.79 Å². The molecule has 5 nitrogen and oxygen atoms in total. The Balaban J connectivity index is 1.70. The maximum Gasteiger partial charge on any atom is 0.271 e. The summed E-state index contributed by atoms with van der Waals surface area (Å²) in [6.07, 6.45) is 3.94. The van der Waals surface area contributed by atoms with Crippen LogP contribution < -0.4 is 10.9 Å². The largest absolute Gasteiger partial charge is 0.322 e. The standard InChI is InChI=1S/C20H21N3O2S/c1-11-4-7-15(8-12(11)2)22-19(24)16-13(3)26-18-17(16)21-10-23(20(18)25)9-14-5-6-14/h4,7-8,10,14H,5-6,9H2,1-3H3,(H,22,24). The number of aromatic nitrogens is 2. The second kappa shape index (κ2) is 6.36. The van der Waals surface area contributed by atoms with Crippen molar-refractivity contribution in [3.05, 3.63) is 56.4 Å². The molecule has 4 rings (SSSR count). The fourth-order valence-corrected chi connectivity index (χ4v) is 4.15. The van der Waals surface area contributed by atoms with Crippen molar-refractivity contribution in [1.82, 2.24) is 9.55 Å². The molecule has 1 aliphatic rings. The number of rotatable bonds is 4. The molecule has 26 heavy (non-hydrogen) atoms. The third kappa shape index (κ3) is 3.05. The van der Waals surface area contributed by atoms with E-state index in [2.05, 4.69) is 10.3 Å². The first-order chi connectivity index (χ1) is 12.4. The molecule has 6 heteroatoms. The van der Waals surface area contributed by atoms with Crippen LogP contribution in [-0.4, -0.2) is 15.5 Å². The topological polar surface area (TPSA) is 64.0 Å². The molecule has 1 aromatic carbocycles. The van der Waals surface area contributed by atoms with Gasteiger partial charge in [-0.2, -0.15) is 0 Å². The summed E-state index contributed by atoms with van der Waals surface area (Å²) in [5.41, 5.74) is 4.01. The molecule has 1 saturated carbocycles. The number of nitrogens with one attached hydrogen (secondary N) is 1. The molecular weight excluding hydrogens is 346 g/mol.